The molecule has 1 N–H and O–H groups in total. The van der Waals surface area contributed by atoms with Crippen molar-refractivity contribution in [2.75, 3.05) is 23.4 Å². The molecular weight excluding hydrogens is 442 g/mol. The normalized spacial score (nSPS) is 15.2. The summed E-state index contributed by atoms with van der Waals surface area (Å²) in [5, 5.41) is 3.00. The molecule has 2 aliphatic rings. The number of anilines is 2. The lowest BCUT2D eigenvalue weighted by molar-refractivity contribution is -0.120. The molecule has 0 radical (unpaired) electrons. The van der Waals surface area contributed by atoms with Gasteiger partial charge in [0.05, 0.1) is 11.3 Å². The van der Waals surface area contributed by atoms with Gasteiger partial charge in [0.25, 0.3) is 11.8 Å². The van der Waals surface area contributed by atoms with E-state index in [-0.39, 0.29) is 11.3 Å². The third-order valence-electron chi connectivity index (χ3n) is 5.84. The average Bonchev–Trinajstić information content (AvgIpc) is 3.06. The third kappa shape index (κ3) is 3.67. The first-order valence-corrected chi connectivity index (χ1v) is 10.7. The van der Waals surface area contributed by atoms with Gasteiger partial charge in [0.1, 0.15) is 30.5 Å². The van der Waals surface area contributed by atoms with Gasteiger partial charge >= 0.3 is 0 Å². The maximum Gasteiger partial charge on any atom is 0.282 e. The number of carbonyl (C=O) groups excluding carboxylic acids is 2. The van der Waals surface area contributed by atoms with Crippen LogP contribution in [0.5, 0.6) is 11.5 Å². The smallest absolute Gasteiger partial charge is 0.282 e. The Hall–Kier alpha value is -4.20. The Morgan fingerprint density at radius 3 is 2.35 bits per heavy atom. The van der Waals surface area contributed by atoms with Gasteiger partial charge in [-0.3, -0.25) is 9.59 Å². The molecule has 6 nitrogen and oxygen atoms in total. The summed E-state index contributed by atoms with van der Waals surface area (Å²) >= 11 is 0. The lowest BCUT2D eigenvalue weighted by Gasteiger charge is -2.19. The Balaban J connectivity index is 1.62. The predicted octanol–water partition coefficient (Wildman–Crippen LogP) is 4.75. The second-order valence-corrected chi connectivity index (χ2v) is 8.07. The number of ether oxygens (including phenoxy) is 2. The summed E-state index contributed by atoms with van der Waals surface area (Å²) in [5.74, 6) is -2.14. The molecule has 34 heavy (non-hydrogen) atoms. The van der Waals surface area contributed by atoms with Crippen molar-refractivity contribution < 1.29 is 27.8 Å². The summed E-state index contributed by atoms with van der Waals surface area (Å²) < 4.78 is 39.6. The molecule has 2 amide bonds. The molecule has 0 saturated heterocycles. The molecule has 0 unspecified atom stereocenters. The zero-order chi connectivity index (χ0) is 24.0. The van der Waals surface area contributed by atoms with Gasteiger partial charge in [-0.2, -0.15) is 0 Å². The van der Waals surface area contributed by atoms with E-state index in [0.29, 0.717) is 40.9 Å². The summed E-state index contributed by atoms with van der Waals surface area (Å²) in [4.78, 5) is 27.6. The van der Waals surface area contributed by atoms with Crippen LogP contribution in [-0.2, 0) is 9.59 Å². The van der Waals surface area contributed by atoms with E-state index in [1.54, 1.807) is 30.3 Å². The van der Waals surface area contributed by atoms with Gasteiger partial charge in [-0.25, -0.2) is 13.7 Å². The summed E-state index contributed by atoms with van der Waals surface area (Å²) in [6.07, 6.45) is 0. The number of hydrogen-bond acceptors (Lipinski definition) is 5. The van der Waals surface area contributed by atoms with Crippen molar-refractivity contribution in [3.05, 3.63) is 88.6 Å². The molecular formula is C26H20F2N2O4. The Bertz CT molecular complexity index is 1380. The van der Waals surface area contributed by atoms with Crippen molar-refractivity contribution >= 4 is 28.8 Å². The maximum atomic E-state index is 14.6. The number of benzene rings is 3. The van der Waals surface area contributed by atoms with Crippen LogP contribution in [0.3, 0.4) is 0 Å². The fourth-order valence-electron chi connectivity index (χ4n) is 3.95. The molecule has 0 saturated carbocycles. The van der Waals surface area contributed by atoms with Crippen LogP contribution in [0.25, 0.3) is 5.57 Å². The summed E-state index contributed by atoms with van der Waals surface area (Å²) in [7, 11) is 0. The predicted molar refractivity (Wildman–Crippen MR) is 123 cm³/mol. The Morgan fingerprint density at radius 2 is 1.59 bits per heavy atom. The maximum absolute atomic E-state index is 14.6. The van der Waals surface area contributed by atoms with E-state index in [1.165, 1.54) is 0 Å². The SMILES string of the molecule is Cc1ccc(C2=C(Nc3ccc4c(c3)OCCO4)C(=O)N(c3cc(F)ccc3F)C2=O)cc1C. The van der Waals surface area contributed by atoms with Crippen LogP contribution >= 0.6 is 0 Å². The van der Waals surface area contributed by atoms with Crippen molar-refractivity contribution in [3.63, 3.8) is 0 Å². The van der Waals surface area contributed by atoms with E-state index in [2.05, 4.69) is 5.32 Å². The average molecular weight is 462 g/mol. The number of rotatable bonds is 4. The Kier molecular flexibility index (Phi) is 5.28. The van der Waals surface area contributed by atoms with E-state index in [4.69, 9.17) is 9.47 Å². The zero-order valence-corrected chi connectivity index (χ0v) is 18.4. The summed E-state index contributed by atoms with van der Waals surface area (Å²) in [5.41, 5.74) is 2.45. The largest absolute Gasteiger partial charge is 0.486 e. The number of amides is 2. The number of halogens is 2. The lowest BCUT2D eigenvalue weighted by Crippen LogP contribution is -2.33. The van der Waals surface area contributed by atoms with Crippen LogP contribution in [0.4, 0.5) is 20.2 Å². The molecule has 172 valence electrons. The lowest BCUT2D eigenvalue weighted by atomic mass is 9.99. The molecule has 0 atom stereocenters. The van der Waals surface area contributed by atoms with Crippen LogP contribution in [0, 0.1) is 25.5 Å². The van der Waals surface area contributed by atoms with Gasteiger partial charge < -0.3 is 14.8 Å². The van der Waals surface area contributed by atoms with Crippen molar-refractivity contribution in [2.45, 2.75) is 13.8 Å². The van der Waals surface area contributed by atoms with Crippen LogP contribution in [0.1, 0.15) is 16.7 Å². The zero-order valence-electron chi connectivity index (χ0n) is 18.4. The van der Waals surface area contributed by atoms with Crippen molar-refractivity contribution in [3.8, 4) is 11.5 Å². The number of nitrogens with one attached hydrogen (secondary N) is 1. The van der Waals surface area contributed by atoms with Gasteiger partial charge in [-0.15, -0.1) is 0 Å². The first-order valence-electron chi connectivity index (χ1n) is 10.7. The number of fused-ring (bicyclic) bond motifs is 1. The topological polar surface area (TPSA) is 67.9 Å². The van der Waals surface area contributed by atoms with Crippen LogP contribution in [-0.4, -0.2) is 25.0 Å². The standard InChI is InChI=1S/C26H20F2N2O4/c1-14-3-4-16(11-15(14)2)23-24(29-18-6-8-21-22(13-18)34-10-9-33-21)26(32)30(25(23)31)20-12-17(27)5-7-19(20)28/h3-8,11-13,29H,9-10H2,1-2H3. The van der Waals surface area contributed by atoms with Gasteiger partial charge in [0.2, 0.25) is 0 Å². The number of carbonyl (C=O) groups is 2. The highest BCUT2D eigenvalue weighted by molar-refractivity contribution is 6.46. The van der Waals surface area contributed by atoms with E-state index in [9.17, 15) is 18.4 Å². The number of imide groups is 1. The van der Waals surface area contributed by atoms with Gasteiger partial charge in [-0.1, -0.05) is 18.2 Å². The molecule has 0 aromatic heterocycles. The minimum absolute atomic E-state index is 0.0476. The highest BCUT2D eigenvalue weighted by atomic mass is 19.1. The van der Waals surface area contributed by atoms with Crippen LogP contribution < -0.4 is 19.7 Å². The van der Waals surface area contributed by atoms with Crippen LogP contribution in [0.2, 0.25) is 0 Å². The van der Waals surface area contributed by atoms with Crippen molar-refractivity contribution in [2.24, 2.45) is 0 Å². The second kappa shape index (κ2) is 8.30. The summed E-state index contributed by atoms with van der Waals surface area (Å²) in [6.45, 7) is 4.64. The highest BCUT2D eigenvalue weighted by Crippen LogP contribution is 2.38. The highest BCUT2D eigenvalue weighted by Gasteiger charge is 2.41. The van der Waals surface area contributed by atoms with E-state index >= 15 is 0 Å². The summed E-state index contributed by atoms with van der Waals surface area (Å²) in [6, 6.07) is 13.0. The van der Waals surface area contributed by atoms with E-state index in [1.807, 2.05) is 19.9 Å². The number of aryl methyl sites for hydroxylation is 2. The molecule has 8 heteroatoms. The number of nitrogens with zero attached hydrogens (tertiary/aromatic N) is 1. The molecule has 0 bridgehead atoms. The van der Waals surface area contributed by atoms with E-state index in [0.717, 1.165) is 29.3 Å². The Labute approximate surface area is 194 Å². The van der Waals surface area contributed by atoms with Crippen molar-refractivity contribution in [1.82, 2.24) is 0 Å². The molecule has 0 spiro atoms. The van der Waals surface area contributed by atoms with Crippen molar-refractivity contribution in [1.29, 1.82) is 0 Å². The first kappa shape index (κ1) is 21.6. The molecule has 3 aromatic rings. The molecule has 2 aliphatic heterocycles. The molecule has 2 heterocycles. The first-order chi connectivity index (χ1) is 16.3. The monoisotopic (exact) mass is 462 g/mol. The molecule has 0 fully saturated rings. The fraction of sp³-hybridized carbons (Fsp3) is 0.154. The van der Waals surface area contributed by atoms with Gasteiger partial charge in [0.15, 0.2) is 11.5 Å². The molecule has 0 aliphatic carbocycles. The second-order valence-electron chi connectivity index (χ2n) is 8.07. The number of hydrogen-bond donors (Lipinski definition) is 1. The van der Waals surface area contributed by atoms with E-state index < -0.39 is 29.1 Å². The van der Waals surface area contributed by atoms with Gasteiger partial charge in [-0.05, 0) is 54.8 Å². The third-order valence-corrected chi connectivity index (χ3v) is 5.84. The minimum Gasteiger partial charge on any atom is -0.486 e. The quantitative estimate of drug-likeness (QED) is 0.567. The van der Waals surface area contributed by atoms with Gasteiger partial charge in [0, 0.05) is 17.8 Å². The van der Waals surface area contributed by atoms with Crippen LogP contribution in [0.15, 0.2) is 60.3 Å². The fourth-order valence-corrected chi connectivity index (χ4v) is 3.95. The molecule has 3 aromatic carbocycles. The molecule has 5 rings (SSSR count). The minimum atomic E-state index is -0.886. The Morgan fingerprint density at radius 1 is 0.824 bits per heavy atom.